The summed E-state index contributed by atoms with van der Waals surface area (Å²) < 4.78 is 7.80. The summed E-state index contributed by atoms with van der Waals surface area (Å²) in [7, 11) is 1.88. The zero-order valence-electron chi connectivity index (χ0n) is 37.3. The average molecular weight is 907 g/mol. The largest absolute Gasteiger partial charge is 0.457 e. The number of nitrogens with zero attached hydrogens (tertiary/aromatic N) is 8. The molecule has 19 heteroatoms. The number of aromatic nitrogens is 4. The summed E-state index contributed by atoms with van der Waals surface area (Å²) in [5, 5.41) is 23.9. The number of nitrogen functional groups attached to an aromatic ring is 1. The van der Waals surface area contributed by atoms with Crippen molar-refractivity contribution in [2.75, 3.05) is 50.8 Å². The van der Waals surface area contributed by atoms with Gasteiger partial charge in [-0.3, -0.25) is 43.9 Å². The molecule has 3 aliphatic heterocycles. The number of benzene rings is 3. The van der Waals surface area contributed by atoms with E-state index in [1.807, 2.05) is 85.1 Å². The number of nitrogens with two attached hydrogens (primary N) is 1. The molecule has 5 aromatic rings. The first-order chi connectivity index (χ1) is 32.2. The SMILES string of the molecule is CN(CCCNC(=O)CNc1cccc2c1C(=O)N(C1CCC(=O)NC1=O)C2=O)C(C)(C)/C=C(\C#N)C(=O)N1CCC[C@@H](n2nc(-c3ccc(Oc4ccccc4)cc3)c3c(N)ncnc32)C1. The maximum Gasteiger partial charge on any atom is 0.264 e. The smallest absolute Gasteiger partial charge is 0.264 e. The molecule has 3 aromatic carbocycles. The standard InChI is InChI=1S/C48H50N12O7/c1-48(2,57(3)22-9-21-51-38(62)26-52-35-14-7-13-34-39(35)47(66)59(46(34)65)36-19-20-37(61)55-44(36)63)24-30(25-49)45(64)58-23-8-10-31(27-58)60-43-40(42(50)53-28-54-43)41(56-60)29-15-17-33(18-16-29)67-32-11-5-4-6-12-32/h4-7,11-18,24,28,31,36,52H,8-10,19-23,26-27H2,1-3H3,(H,51,62)(H2,50,53,54)(H,55,61,63)/b30-24+/t31-,36?/m1/s1. The summed E-state index contributed by atoms with van der Waals surface area (Å²) in [5.41, 5.74) is 8.10. The lowest BCUT2D eigenvalue weighted by Gasteiger charge is -2.35. The van der Waals surface area contributed by atoms with Crippen molar-refractivity contribution in [1.82, 2.24) is 45.1 Å². The second kappa shape index (κ2) is 19.2. The molecule has 2 saturated heterocycles. The number of para-hydroxylation sites is 1. The average Bonchev–Trinajstić information content (AvgIpc) is 3.84. The number of hydrogen-bond acceptors (Lipinski definition) is 14. The molecule has 0 bridgehead atoms. The number of amides is 6. The van der Waals surface area contributed by atoms with Crippen molar-refractivity contribution in [3.63, 3.8) is 0 Å². The molecule has 5 N–H and O–H groups in total. The van der Waals surface area contributed by atoms with E-state index >= 15 is 0 Å². The van der Waals surface area contributed by atoms with Gasteiger partial charge in [0.15, 0.2) is 5.65 Å². The Morgan fingerprint density at radius 2 is 1.76 bits per heavy atom. The van der Waals surface area contributed by atoms with Crippen LogP contribution in [0.2, 0.25) is 0 Å². The fourth-order valence-electron chi connectivity index (χ4n) is 8.60. The van der Waals surface area contributed by atoms with E-state index in [9.17, 15) is 34.0 Å². The summed E-state index contributed by atoms with van der Waals surface area (Å²) in [6.45, 7) is 5.22. The molecule has 0 saturated carbocycles. The van der Waals surface area contributed by atoms with Crippen molar-refractivity contribution in [1.29, 1.82) is 5.26 Å². The highest BCUT2D eigenvalue weighted by atomic mass is 16.5. The second-order valence-electron chi connectivity index (χ2n) is 17.2. The van der Waals surface area contributed by atoms with Gasteiger partial charge in [-0.1, -0.05) is 24.3 Å². The van der Waals surface area contributed by atoms with E-state index < -0.39 is 35.2 Å². The summed E-state index contributed by atoms with van der Waals surface area (Å²) in [6.07, 6.45) is 5.05. The molecule has 3 aliphatic rings. The molecular weight excluding hydrogens is 857 g/mol. The molecular formula is C48H50N12O7. The third-order valence-corrected chi connectivity index (χ3v) is 12.4. The van der Waals surface area contributed by atoms with Crippen LogP contribution in [-0.4, -0.2) is 121 Å². The highest BCUT2D eigenvalue weighted by molar-refractivity contribution is 6.25. The number of imide groups is 2. The third kappa shape index (κ3) is 9.56. The lowest BCUT2D eigenvalue weighted by molar-refractivity contribution is -0.136. The maximum absolute atomic E-state index is 14.0. The topological polar surface area (TPSA) is 251 Å². The van der Waals surface area contributed by atoms with Crippen LogP contribution in [0.1, 0.15) is 72.7 Å². The zero-order chi connectivity index (χ0) is 47.4. The summed E-state index contributed by atoms with van der Waals surface area (Å²) in [4.78, 5) is 91.0. The number of hydrogen-bond donors (Lipinski definition) is 4. The Morgan fingerprint density at radius 1 is 1.00 bits per heavy atom. The number of nitriles is 1. The Labute approximate surface area is 385 Å². The van der Waals surface area contributed by atoms with Crippen molar-refractivity contribution in [3.05, 3.63) is 102 Å². The molecule has 2 aromatic heterocycles. The van der Waals surface area contributed by atoms with Gasteiger partial charge < -0.3 is 26.0 Å². The number of fused-ring (bicyclic) bond motifs is 2. The van der Waals surface area contributed by atoms with Crippen molar-refractivity contribution >= 4 is 58.0 Å². The van der Waals surface area contributed by atoms with Gasteiger partial charge >= 0.3 is 0 Å². The van der Waals surface area contributed by atoms with E-state index in [0.29, 0.717) is 61.5 Å². The Hall–Kier alpha value is -7.98. The van der Waals surface area contributed by atoms with E-state index in [2.05, 4.69) is 32.0 Å². The fourth-order valence-corrected chi connectivity index (χ4v) is 8.60. The van der Waals surface area contributed by atoms with Crippen LogP contribution < -0.4 is 26.4 Å². The van der Waals surface area contributed by atoms with Crippen molar-refractivity contribution in [2.24, 2.45) is 0 Å². The van der Waals surface area contributed by atoms with Gasteiger partial charge in [-0.25, -0.2) is 14.6 Å². The molecule has 67 heavy (non-hydrogen) atoms. The first kappa shape index (κ1) is 45.6. The van der Waals surface area contributed by atoms with Crippen LogP contribution in [0.25, 0.3) is 22.3 Å². The third-order valence-electron chi connectivity index (χ3n) is 12.4. The Morgan fingerprint density at radius 3 is 2.51 bits per heavy atom. The number of piperidine rings is 2. The Kier molecular flexibility index (Phi) is 13.1. The maximum atomic E-state index is 14.0. The van der Waals surface area contributed by atoms with Gasteiger partial charge in [0.25, 0.3) is 17.7 Å². The van der Waals surface area contributed by atoms with Crippen LogP contribution in [0, 0.1) is 11.3 Å². The van der Waals surface area contributed by atoms with Gasteiger partial charge in [0, 0.05) is 49.4 Å². The molecule has 0 spiro atoms. The van der Waals surface area contributed by atoms with Crippen LogP contribution in [-0.2, 0) is 19.2 Å². The number of likely N-dealkylation sites (tertiary alicyclic amines) is 1. The number of rotatable bonds is 15. The number of likely N-dealkylation sites (N-methyl/N-ethyl adjacent to an activating group) is 1. The minimum atomic E-state index is -1.10. The predicted octanol–water partition coefficient (Wildman–Crippen LogP) is 4.21. The van der Waals surface area contributed by atoms with Gasteiger partial charge in [0.2, 0.25) is 17.7 Å². The minimum absolute atomic E-state index is 0.00547. The molecule has 6 amide bonds. The summed E-state index contributed by atoms with van der Waals surface area (Å²) in [5.74, 6) is -1.55. The fraction of sp³-hybridized carbons (Fsp3) is 0.333. The number of carbonyl (C=O) groups is 6. The number of ether oxygens (including phenoxy) is 1. The van der Waals surface area contributed by atoms with Crippen LogP contribution in [0.15, 0.2) is 90.8 Å². The molecule has 2 atom stereocenters. The van der Waals surface area contributed by atoms with Gasteiger partial charge in [-0.05, 0) is 101 Å². The van der Waals surface area contributed by atoms with E-state index in [0.717, 1.165) is 22.6 Å². The molecule has 19 nitrogen and oxygen atoms in total. The highest BCUT2D eigenvalue weighted by Gasteiger charge is 2.45. The van der Waals surface area contributed by atoms with E-state index in [-0.39, 0.29) is 65.4 Å². The molecule has 8 rings (SSSR count). The van der Waals surface area contributed by atoms with Crippen LogP contribution >= 0.6 is 0 Å². The second-order valence-corrected chi connectivity index (χ2v) is 17.2. The number of carbonyl (C=O) groups excluding carboxylic acids is 6. The first-order valence-electron chi connectivity index (χ1n) is 22.0. The number of anilines is 2. The van der Waals surface area contributed by atoms with E-state index in [1.54, 1.807) is 23.1 Å². The van der Waals surface area contributed by atoms with Gasteiger partial charge in [-0.2, -0.15) is 10.4 Å². The monoisotopic (exact) mass is 906 g/mol. The van der Waals surface area contributed by atoms with Gasteiger partial charge in [-0.15, -0.1) is 0 Å². The van der Waals surface area contributed by atoms with E-state index in [1.165, 1.54) is 12.4 Å². The Bertz CT molecular complexity index is 2840. The Balaban J connectivity index is 0.851. The molecule has 2 fully saturated rings. The lowest BCUT2D eigenvalue weighted by atomic mass is 9.97. The summed E-state index contributed by atoms with van der Waals surface area (Å²) >= 11 is 0. The summed E-state index contributed by atoms with van der Waals surface area (Å²) in [6, 6.07) is 22.4. The molecule has 0 aliphatic carbocycles. The first-order valence-corrected chi connectivity index (χ1v) is 22.0. The number of nitrogens with one attached hydrogen (secondary N) is 3. The van der Waals surface area contributed by atoms with Gasteiger partial charge in [0.05, 0.1) is 29.1 Å². The normalized spacial score (nSPS) is 17.6. The lowest BCUT2D eigenvalue weighted by Crippen LogP contribution is -2.54. The highest BCUT2D eigenvalue weighted by Crippen LogP contribution is 2.36. The molecule has 344 valence electrons. The zero-order valence-corrected chi connectivity index (χ0v) is 37.3. The molecule has 1 unspecified atom stereocenters. The quantitative estimate of drug-likeness (QED) is 0.0497. The van der Waals surface area contributed by atoms with Crippen molar-refractivity contribution in [2.45, 2.75) is 63.6 Å². The van der Waals surface area contributed by atoms with Crippen LogP contribution in [0.5, 0.6) is 11.5 Å². The van der Waals surface area contributed by atoms with Gasteiger partial charge in [0.1, 0.15) is 47.0 Å². The van der Waals surface area contributed by atoms with Crippen molar-refractivity contribution < 1.29 is 33.5 Å². The van der Waals surface area contributed by atoms with E-state index in [4.69, 9.17) is 15.6 Å². The van der Waals surface area contributed by atoms with Crippen LogP contribution in [0.4, 0.5) is 11.5 Å². The minimum Gasteiger partial charge on any atom is -0.457 e. The molecule has 5 heterocycles. The van der Waals surface area contributed by atoms with Crippen LogP contribution in [0.3, 0.4) is 0 Å². The molecule has 0 radical (unpaired) electrons. The predicted molar refractivity (Wildman–Crippen MR) is 246 cm³/mol. The van der Waals surface area contributed by atoms with Crippen molar-refractivity contribution in [3.8, 4) is 28.8 Å².